The number of benzene rings is 1. The highest BCUT2D eigenvalue weighted by Crippen LogP contribution is 2.37. The molecule has 0 spiro atoms. The van der Waals surface area contributed by atoms with Gasteiger partial charge < -0.3 is 14.4 Å². The second kappa shape index (κ2) is 8.97. The highest BCUT2D eigenvalue weighted by atomic mass is 35.5. The van der Waals surface area contributed by atoms with Crippen molar-refractivity contribution in [2.75, 3.05) is 26.3 Å². The van der Waals surface area contributed by atoms with Gasteiger partial charge in [-0.3, -0.25) is 9.59 Å². The summed E-state index contributed by atoms with van der Waals surface area (Å²) >= 11 is 12.5. The summed E-state index contributed by atoms with van der Waals surface area (Å²) in [6.45, 7) is 4.69. The fraction of sp³-hybridized carbons (Fsp3) is 0.450. The van der Waals surface area contributed by atoms with E-state index in [0.29, 0.717) is 46.4 Å². The molecule has 1 aromatic carbocycles. The monoisotopic (exact) mass is 424 g/mol. The number of piperidine rings is 1. The molecule has 0 aliphatic carbocycles. The Balaban J connectivity index is 1.73. The molecule has 0 unspecified atom stereocenters. The van der Waals surface area contributed by atoms with Crippen molar-refractivity contribution >= 4 is 46.0 Å². The van der Waals surface area contributed by atoms with Crippen molar-refractivity contribution in [3.8, 4) is 5.75 Å². The van der Waals surface area contributed by atoms with Gasteiger partial charge in [0.1, 0.15) is 5.52 Å². The van der Waals surface area contributed by atoms with E-state index in [1.54, 1.807) is 17.9 Å². The Morgan fingerprint density at radius 2 is 2.07 bits per heavy atom. The molecule has 28 heavy (non-hydrogen) atoms. The first-order chi connectivity index (χ1) is 13.4. The van der Waals surface area contributed by atoms with Gasteiger partial charge in [0.2, 0.25) is 0 Å². The standard InChI is InChI=1S/C20H22Cl2N2O4/c1-3-27-20(26)13-5-4-8-24(10-13)17(25)11-28-19-16(22)9-15(21)14-7-6-12(2)23-18(14)19/h6-7,9,13H,3-5,8,10-11H2,1-2H3/t13-/m1/s1. The van der Waals surface area contributed by atoms with Gasteiger partial charge in [0, 0.05) is 24.2 Å². The smallest absolute Gasteiger partial charge is 0.310 e. The van der Waals surface area contributed by atoms with Crippen molar-refractivity contribution in [3.63, 3.8) is 0 Å². The van der Waals surface area contributed by atoms with E-state index in [1.165, 1.54) is 0 Å². The van der Waals surface area contributed by atoms with Crippen LogP contribution in [0.3, 0.4) is 0 Å². The van der Waals surface area contributed by atoms with Crippen LogP contribution >= 0.6 is 23.2 Å². The average molecular weight is 425 g/mol. The molecule has 1 saturated heterocycles. The summed E-state index contributed by atoms with van der Waals surface area (Å²) in [7, 11) is 0. The first-order valence-electron chi connectivity index (χ1n) is 9.23. The zero-order chi connectivity index (χ0) is 20.3. The molecule has 3 rings (SSSR count). The fourth-order valence-electron chi connectivity index (χ4n) is 3.31. The van der Waals surface area contributed by atoms with E-state index in [2.05, 4.69) is 4.98 Å². The maximum atomic E-state index is 12.6. The number of ether oxygens (including phenoxy) is 2. The molecule has 1 atom stereocenters. The maximum Gasteiger partial charge on any atom is 0.310 e. The lowest BCUT2D eigenvalue weighted by Gasteiger charge is -2.31. The van der Waals surface area contributed by atoms with Crippen LogP contribution in [0.5, 0.6) is 5.75 Å². The summed E-state index contributed by atoms with van der Waals surface area (Å²) < 4.78 is 10.8. The number of aryl methyl sites for hydroxylation is 1. The second-order valence-corrected chi connectivity index (χ2v) is 7.55. The van der Waals surface area contributed by atoms with Gasteiger partial charge >= 0.3 is 5.97 Å². The Labute approximate surface area is 173 Å². The molecule has 0 saturated carbocycles. The number of esters is 1. The molecule has 0 radical (unpaired) electrons. The van der Waals surface area contributed by atoms with Crippen LogP contribution in [0.1, 0.15) is 25.5 Å². The number of aromatic nitrogens is 1. The Morgan fingerprint density at radius 1 is 1.29 bits per heavy atom. The lowest BCUT2D eigenvalue weighted by atomic mass is 9.98. The van der Waals surface area contributed by atoms with Crippen LogP contribution in [-0.2, 0) is 14.3 Å². The number of nitrogens with zero attached hydrogens (tertiary/aromatic N) is 2. The van der Waals surface area contributed by atoms with Gasteiger partial charge in [-0.25, -0.2) is 4.98 Å². The summed E-state index contributed by atoms with van der Waals surface area (Å²) in [6.07, 6.45) is 1.47. The van der Waals surface area contributed by atoms with E-state index in [4.69, 9.17) is 32.7 Å². The predicted molar refractivity (Wildman–Crippen MR) is 108 cm³/mol. The molecule has 1 amide bonds. The molecule has 1 aromatic heterocycles. The molecule has 1 aliphatic rings. The van der Waals surface area contributed by atoms with E-state index in [1.807, 2.05) is 19.1 Å². The molecule has 2 aromatic rings. The molecule has 6 nitrogen and oxygen atoms in total. The second-order valence-electron chi connectivity index (χ2n) is 6.74. The number of carbonyl (C=O) groups is 2. The minimum absolute atomic E-state index is 0.193. The van der Waals surface area contributed by atoms with Crippen molar-refractivity contribution in [2.24, 2.45) is 5.92 Å². The van der Waals surface area contributed by atoms with Crippen LogP contribution in [0.4, 0.5) is 0 Å². The third-order valence-electron chi connectivity index (χ3n) is 4.71. The normalized spacial score (nSPS) is 16.9. The van der Waals surface area contributed by atoms with Crippen LogP contribution in [-0.4, -0.2) is 48.1 Å². The zero-order valence-electron chi connectivity index (χ0n) is 15.8. The fourth-order valence-corrected chi connectivity index (χ4v) is 3.88. The molecule has 2 heterocycles. The van der Waals surface area contributed by atoms with Gasteiger partial charge in [0.25, 0.3) is 5.91 Å². The van der Waals surface area contributed by atoms with Gasteiger partial charge in [-0.2, -0.15) is 0 Å². The van der Waals surface area contributed by atoms with Gasteiger partial charge in [-0.15, -0.1) is 0 Å². The SMILES string of the molecule is CCOC(=O)[C@@H]1CCCN(C(=O)COc2c(Cl)cc(Cl)c3ccc(C)nc23)C1. The molecule has 150 valence electrons. The average Bonchev–Trinajstić information content (AvgIpc) is 2.67. The minimum atomic E-state index is -0.290. The van der Waals surface area contributed by atoms with Crippen LogP contribution in [0.15, 0.2) is 18.2 Å². The van der Waals surface area contributed by atoms with Crippen LogP contribution < -0.4 is 4.74 Å². The molecular formula is C20H22Cl2N2O4. The van der Waals surface area contributed by atoms with Crippen LogP contribution in [0.2, 0.25) is 10.0 Å². The number of carbonyl (C=O) groups excluding carboxylic acids is 2. The first-order valence-corrected chi connectivity index (χ1v) is 9.98. The number of fused-ring (bicyclic) bond motifs is 1. The molecule has 1 fully saturated rings. The summed E-state index contributed by atoms with van der Waals surface area (Å²) in [6, 6.07) is 5.28. The largest absolute Gasteiger partial charge is 0.480 e. The van der Waals surface area contributed by atoms with E-state index in [-0.39, 0.29) is 24.4 Å². The molecule has 0 N–H and O–H groups in total. The third-order valence-corrected chi connectivity index (χ3v) is 5.30. The van der Waals surface area contributed by atoms with E-state index in [0.717, 1.165) is 18.5 Å². The maximum absolute atomic E-state index is 12.6. The Kier molecular flexibility index (Phi) is 6.62. The van der Waals surface area contributed by atoms with Gasteiger partial charge in [-0.05, 0) is 44.9 Å². The Hall–Kier alpha value is -2.05. The number of halogens is 2. The summed E-state index contributed by atoms with van der Waals surface area (Å²) in [5, 5.41) is 1.48. The number of rotatable bonds is 5. The lowest BCUT2D eigenvalue weighted by molar-refractivity contribution is -0.151. The number of hydrogen-bond donors (Lipinski definition) is 0. The van der Waals surface area contributed by atoms with Gasteiger partial charge in [-0.1, -0.05) is 23.2 Å². The summed E-state index contributed by atoms with van der Waals surface area (Å²) in [4.78, 5) is 30.7. The number of likely N-dealkylation sites (tertiary alicyclic amines) is 1. The van der Waals surface area contributed by atoms with Crippen molar-refractivity contribution in [3.05, 3.63) is 33.9 Å². The van der Waals surface area contributed by atoms with Crippen molar-refractivity contribution < 1.29 is 19.1 Å². The lowest BCUT2D eigenvalue weighted by Crippen LogP contribution is -2.44. The zero-order valence-corrected chi connectivity index (χ0v) is 17.3. The molecular weight excluding hydrogens is 403 g/mol. The highest BCUT2D eigenvalue weighted by Gasteiger charge is 2.29. The molecule has 0 bridgehead atoms. The first kappa shape index (κ1) is 20.7. The molecule has 1 aliphatic heterocycles. The van der Waals surface area contributed by atoms with Gasteiger partial charge in [0.05, 0.1) is 22.6 Å². The minimum Gasteiger partial charge on any atom is -0.480 e. The van der Waals surface area contributed by atoms with Crippen LogP contribution in [0, 0.1) is 12.8 Å². The highest BCUT2D eigenvalue weighted by molar-refractivity contribution is 6.39. The van der Waals surface area contributed by atoms with E-state index in [9.17, 15) is 9.59 Å². The quantitative estimate of drug-likeness (QED) is 0.677. The van der Waals surface area contributed by atoms with Crippen molar-refractivity contribution in [2.45, 2.75) is 26.7 Å². The Morgan fingerprint density at radius 3 is 2.82 bits per heavy atom. The number of hydrogen-bond acceptors (Lipinski definition) is 5. The third kappa shape index (κ3) is 4.50. The predicted octanol–water partition coefficient (Wildman–Crippen LogP) is 4.03. The Bertz CT molecular complexity index is 903. The summed E-state index contributed by atoms with van der Waals surface area (Å²) in [5.74, 6) is -0.424. The van der Waals surface area contributed by atoms with Gasteiger partial charge in [0.15, 0.2) is 12.4 Å². The number of amides is 1. The van der Waals surface area contributed by atoms with Crippen molar-refractivity contribution in [1.82, 2.24) is 9.88 Å². The van der Waals surface area contributed by atoms with Crippen molar-refractivity contribution in [1.29, 1.82) is 0 Å². The topological polar surface area (TPSA) is 68.7 Å². The van der Waals surface area contributed by atoms with E-state index < -0.39 is 0 Å². The molecule has 8 heteroatoms. The van der Waals surface area contributed by atoms with E-state index >= 15 is 0 Å². The summed E-state index contributed by atoms with van der Waals surface area (Å²) in [5.41, 5.74) is 1.31. The number of pyridine rings is 1. The van der Waals surface area contributed by atoms with Crippen LogP contribution in [0.25, 0.3) is 10.9 Å².